The number of aromatic hydroxyl groups is 1. The number of phenolic OH excluding ortho intramolecular Hbond substituents is 1. The Kier molecular flexibility index (Phi) is 4.99. The third-order valence-corrected chi connectivity index (χ3v) is 7.65. The van der Waals surface area contributed by atoms with Gasteiger partial charge in [-0.15, -0.1) is 0 Å². The van der Waals surface area contributed by atoms with Crippen molar-refractivity contribution >= 4 is 34.7 Å². The predicted molar refractivity (Wildman–Crippen MR) is 121 cm³/mol. The average Bonchev–Trinajstić information content (AvgIpc) is 3.30. The molecule has 0 spiro atoms. The molecule has 1 aromatic carbocycles. The van der Waals surface area contributed by atoms with E-state index in [2.05, 4.69) is 0 Å². The SMILES string of the molecule is CN(C)c1cc(-c2ccco2)c(O)c2c1CC1CC3CC(=O)C(C(N)=O)C(=O)C3(O)C(=O)C1C2=O. The van der Waals surface area contributed by atoms with Crippen molar-refractivity contribution in [2.24, 2.45) is 29.4 Å². The number of nitrogens with zero attached hydrogens (tertiary/aromatic N) is 1. The second-order valence-electron chi connectivity index (χ2n) is 9.76. The molecule has 5 atom stereocenters. The van der Waals surface area contributed by atoms with Crippen molar-refractivity contribution in [1.29, 1.82) is 0 Å². The molecule has 5 unspecified atom stereocenters. The van der Waals surface area contributed by atoms with Crippen molar-refractivity contribution < 1.29 is 38.6 Å². The lowest BCUT2D eigenvalue weighted by atomic mass is 9.53. The van der Waals surface area contributed by atoms with Crippen molar-refractivity contribution in [2.45, 2.75) is 24.9 Å². The Morgan fingerprint density at radius 2 is 1.89 bits per heavy atom. The Balaban J connectivity index is 1.66. The molecule has 1 heterocycles. The number of ketones is 4. The van der Waals surface area contributed by atoms with Crippen molar-refractivity contribution in [3.05, 3.63) is 35.6 Å². The van der Waals surface area contributed by atoms with Crippen LogP contribution in [0.15, 0.2) is 28.9 Å². The van der Waals surface area contributed by atoms with Crippen molar-refractivity contribution in [1.82, 2.24) is 0 Å². The third kappa shape index (κ3) is 3.02. The van der Waals surface area contributed by atoms with Gasteiger partial charge in [0.05, 0.1) is 23.3 Å². The summed E-state index contributed by atoms with van der Waals surface area (Å²) < 4.78 is 5.42. The number of carbonyl (C=O) groups excluding carboxylic acids is 5. The molecule has 3 aliphatic rings. The summed E-state index contributed by atoms with van der Waals surface area (Å²) in [7, 11) is 3.56. The molecule has 2 aromatic rings. The standard InChI is InChI=1S/C25H24N2O8/c1-27(2)14-9-13(16-4-3-5-35-16)20(29)18-12(14)7-10-6-11-8-15(28)19(24(26)33)23(32)25(11,34)22(31)17(10)21(18)30/h3-5,9-11,17,19,29,34H,6-8H2,1-2H3,(H2,26,33). The number of fused-ring (bicyclic) bond motifs is 3. The molecule has 0 radical (unpaired) electrons. The van der Waals surface area contributed by atoms with Crippen LogP contribution < -0.4 is 10.6 Å². The number of primary amides is 1. The molecule has 10 nitrogen and oxygen atoms in total. The zero-order valence-electron chi connectivity index (χ0n) is 19.1. The molecule has 4 N–H and O–H groups in total. The van der Waals surface area contributed by atoms with Crippen molar-refractivity contribution in [2.75, 3.05) is 19.0 Å². The minimum Gasteiger partial charge on any atom is -0.506 e. The van der Waals surface area contributed by atoms with Gasteiger partial charge in [-0.25, -0.2) is 0 Å². The van der Waals surface area contributed by atoms with Crippen LogP contribution in [-0.2, 0) is 25.6 Å². The topological polar surface area (TPSA) is 168 Å². The van der Waals surface area contributed by atoms with Gasteiger partial charge >= 0.3 is 0 Å². The molecule has 2 fully saturated rings. The fourth-order valence-corrected chi connectivity index (χ4v) is 6.03. The number of benzene rings is 1. The Morgan fingerprint density at radius 3 is 2.49 bits per heavy atom. The molecule has 0 saturated heterocycles. The normalized spacial score (nSPS) is 29.9. The Bertz CT molecular complexity index is 1310. The lowest BCUT2D eigenvalue weighted by Gasteiger charge is -2.48. The molecule has 10 heteroatoms. The number of hydrogen-bond acceptors (Lipinski definition) is 9. The van der Waals surface area contributed by atoms with Crippen LogP contribution in [0.4, 0.5) is 5.69 Å². The van der Waals surface area contributed by atoms with Crippen LogP contribution in [0.5, 0.6) is 5.75 Å². The number of phenols is 1. The highest BCUT2D eigenvalue weighted by Gasteiger charge is 2.66. The molecule has 35 heavy (non-hydrogen) atoms. The predicted octanol–water partition coefficient (Wildman–Crippen LogP) is 0.653. The lowest BCUT2D eigenvalue weighted by Crippen LogP contribution is -2.68. The van der Waals surface area contributed by atoms with E-state index in [0.717, 1.165) is 0 Å². The maximum Gasteiger partial charge on any atom is 0.235 e. The lowest BCUT2D eigenvalue weighted by molar-refractivity contribution is -0.175. The first kappa shape index (κ1) is 23.0. The quantitative estimate of drug-likeness (QED) is 0.534. The van der Waals surface area contributed by atoms with Gasteiger partial charge < -0.3 is 25.3 Å². The van der Waals surface area contributed by atoms with Gasteiger partial charge in [-0.1, -0.05) is 0 Å². The Morgan fingerprint density at radius 1 is 1.17 bits per heavy atom. The van der Waals surface area contributed by atoms with Crippen LogP contribution in [0.1, 0.15) is 28.8 Å². The Labute approximate surface area is 199 Å². The smallest absolute Gasteiger partial charge is 0.235 e. The van der Waals surface area contributed by atoms with E-state index in [-0.39, 0.29) is 36.1 Å². The highest BCUT2D eigenvalue weighted by atomic mass is 16.3. The van der Waals surface area contributed by atoms with Gasteiger partial charge in [0.2, 0.25) is 5.91 Å². The van der Waals surface area contributed by atoms with E-state index in [1.807, 2.05) is 0 Å². The van der Waals surface area contributed by atoms with E-state index >= 15 is 0 Å². The zero-order chi connectivity index (χ0) is 25.4. The summed E-state index contributed by atoms with van der Waals surface area (Å²) in [6.07, 6.45) is 1.32. The maximum absolute atomic E-state index is 13.8. The van der Waals surface area contributed by atoms with E-state index in [4.69, 9.17) is 10.2 Å². The van der Waals surface area contributed by atoms with E-state index in [0.29, 0.717) is 17.0 Å². The first-order valence-electron chi connectivity index (χ1n) is 11.3. The van der Waals surface area contributed by atoms with Gasteiger partial charge in [-0.3, -0.25) is 24.0 Å². The summed E-state index contributed by atoms with van der Waals surface area (Å²) in [6, 6.07) is 4.96. The summed E-state index contributed by atoms with van der Waals surface area (Å²) in [5.74, 6) is -10.0. The van der Waals surface area contributed by atoms with Gasteiger partial charge in [-0.05, 0) is 42.5 Å². The van der Waals surface area contributed by atoms with E-state index in [9.17, 15) is 34.2 Å². The minimum atomic E-state index is -2.67. The average molecular weight is 480 g/mol. The number of rotatable bonds is 3. The molecular formula is C25H24N2O8. The highest BCUT2D eigenvalue weighted by molar-refractivity contribution is 6.31. The number of carbonyl (C=O) groups is 5. The zero-order valence-corrected chi connectivity index (χ0v) is 19.1. The number of furan rings is 1. The summed E-state index contributed by atoms with van der Waals surface area (Å²) in [5.41, 5.74) is 3.92. The van der Waals surface area contributed by atoms with Gasteiger partial charge in [0.15, 0.2) is 34.7 Å². The number of Topliss-reactive ketones (excluding diaryl/α,β-unsaturated/α-hetero) is 4. The Hall–Kier alpha value is -3.79. The van der Waals surface area contributed by atoms with E-state index in [1.165, 1.54) is 6.26 Å². The monoisotopic (exact) mass is 480 g/mol. The van der Waals surface area contributed by atoms with Gasteiger partial charge in [0.25, 0.3) is 0 Å². The molecule has 1 amide bonds. The first-order valence-corrected chi connectivity index (χ1v) is 11.3. The number of nitrogens with two attached hydrogens (primary N) is 1. The van der Waals surface area contributed by atoms with Crippen molar-refractivity contribution in [3.8, 4) is 17.1 Å². The van der Waals surface area contributed by atoms with Crippen LogP contribution in [0.25, 0.3) is 11.3 Å². The van der Waals surface area contributed by atoms with Crippen LogP contribution in [-0.4, -0.2) is 58.9 Å². The van der Waals surface area contributed by atoms with Gasteiger partial charge in [-0.2, -0.15) is 0 Å². The van der Waals surface area contributed by atoms with E-state index in [1.54, 1.807) is 37.2 Å². The summed E-state index contributed by atoms with van der Waals surface area (Å²) in [5, 5.41) is 22.4. The number of hydrogen-bond donors (Lipinski definition) is 3. The molecular weight excluding hydrogens is 456 g/mol. The fraction of sp³-hybridized carbons (Fsp3) is 0.400. The molecule has 0 aliphatic heterocycles. The summed E-state index contributed by atoms with van der Waals surface area (Å²) in [6.45, 7) is 0. The third-order valence-electron chi connectivity index (χ3n) is 7.65. The maximum atomic E-state index is 13.8. The molecule has 182 valence electrons. The second kappa shape index (κ2) is 7.61. The number of anilines is 1. The first-order chi connectivity index (χ1) is 16.5. The van der Waals surface area contributed by atoms with Crippen LogP contribution in [0.3, 0.4) is 0 Å². The summed E-state index contributed by atoms with van der Waals surface area (Å²) >= 11 is 0. The van der Waals surface area contributed by atoms with E-state index < -0.39 is 58.3 Å². The van der Waals surface area contributed by atoms with Crippen LogP contribution in [0.2, 0.25) is 0 Å². The number of aliphatic hydroxyl groups is 1. The van der Waals surface area contributed by atoms with Crippen molar-refractivity contribution in [3.63, 3.8) is 0 Å². The number of amides is 1. The molecule has 1 aromatic heterocycles. The molecule has 0 bridgehead atoms. The molecule has 2 saturated carbocycles. The fourth-order valence-electron chi connectivity index (χ4n) is 6.03. The molecule has 5 rings (SSSR count). The van der Waals surface area contributed by atoms with Crippen LogP contribution in [0, 0.1) is 23.7 Å². The summed E-state index contributed by atoms with van der Waals surface area (Å²) in [4.78, 5) is 66.4. The minimum absolute atomic E-state index is 0.0502. The highest BCUT2D eigenvalue weighted by Crippen LogP contribution is 2.52. The van der Waals surface area contributed by atoms with Gasteiger partial charge in [0.1, 0.15) is 11.5 Å². The van der Waals surface area contributed by atoms with Gasteiger partial charge in [0, 0.05) is 32.1 Å². The molecule has 3 aliphatic carbocycles. The second-order valence-corrected chi connectivity index (χ2v) is 9.76. The largest absolute Gasteiger partial charge is 0.506 e. The van der Waals surface area contributed by atoms with Crippen LogP contribution >= 0.6 is 0 Å².